The molecule has 3 rings (SSSR count). The van der Waals surface area contributed by atoms with E-state index < -0.39 is 10.0 Å². The van der Waals surface area contributed by atoms with Crippen LogP contribution in [0.2, 0.25) is 0 Å². The molecule has 7 heteroatoms. The van der Waals surface area contributed by atoms with Crippen molar-refractivity contribution in [3.05, 3.63) is 29.8 Å². The van der Waals surface area contributed by atoms with Gasteiger partial charge in [-0.05, 0) is 68.8 Å². The standard InChI is InChI=1S/C20H31N3O3S/c24-20(22-12-10-18-5-4-11-21-16-18)15-17-6-8-19(9-7-17)27(25,26)23-13-2-1-3-14-23/h6-9,18,21H,1-5,10-16H2,(H,22,24). The Morgan fingerprint density at radius 1 is 1.11 bits per heavy atom. The molecule has 1 atom stereocenters. The Hall–Kier alpha value is -1.44. The maximum absolute atomic E-state index is 12.7. The number of hydrogen-bond acceptors (Lipinski definition) is 4. The molecular formula is C20H31N3O3S. The lowest BCUT2D eigenvalue weighted by atomic mass is 9.96. The number of sulfonamides is 1. The second-order valence-electron chi connectivity index (χ2n) is 7.64. The molecule has 0 aliphatic carbocycles. The number of nitrogens with zero attached hydrogens (tertiary/aromatic N) is 1. The number of nitrogens with one attached hydrogen (secondary N) is 2. The van der Waals surface area contributed by atoms with Gasteiger partial charge in [0.1, 0.15) is 0 Å². The smallest absolute Gasteiger partial charge is 0.243 e. The predicted molar refractivity (Wildman–Crippen MR) is 106 cm³/mol. The molecule has 1 aromatic rings. The average molecular weight is 394 g/mol. The average Bonchev–Trinajstić information content (AvgIpc) is 2.70. The zero-order valence-electron chi connectivity index (χ0n) is 16.0. The van der Waals surface area contributed by atoms with Gasteiger partial charge in [-0.25, -0.2) is 8.42 Å². The summed E-state index contributed by atoms with van der Waals surface area (Å²) >= 11 is 0. The second kappa shape index (κ2) is 9.66. The van der Waals surface area contributed by atoms with Crippen LogP contribution in [0.25, 0.3) is 0 Å². The summed E-state index contributed by atoms with van der Waals surface area (Å²) in [5, 5.41) is 6.37. The molecule has 1 unspecified atom stereocenters. The van der Waals surface area contributed by atoms with Crippen LogP contribution in [0.4, 0.5) is 0 Å². The molecule has 2 aliphatic rings. The van der Waals surface area contributed by atoms with Crippen LogP contribution in [0.3, 0.4) is 0 Å². The van der Waals surface area contributed by atoms with Crippen LogP contribution < -0.4 is 10.6 Å². The summed E-state index contributed by atoms with van der Waals surface area (Å²) in [5.41, 5.74) is 0.837. The summed E-state index contributed by atoms with van der Waals surface area (Å²) in [6.45, 7) is 4.05. The van der Waals surface area contributed by atoms with Gasteiger partial charge in [0.05, 0.1) is 11.3 Å². The molecule has 2 heterocycles. The molecule has 1 aromatic carbocycles. The van der Waals surface area contributed by atoms with Crippen LogP contribution >= 0.6 is 0 Å². The third kappa shape index (κ3) is 5.77. The molecule has 27 heavy (non-hydrogen) atoms. The number of rotatable bonds is 7. The topological polar surface area (TPSA) is 78.5 Å². The fourth-order valence-electron chi connectivity index (χ4n) is 3.87. The minimum absolute atomic E-state index is 0.00888. The van der Waals surface area contributed by atoms with Gasteiger partial charge in [-0.15, -0.1) is 0 Å². The van der Waals surface area contributed by atoms with Crippen molar-refractivity contribution in [3.8, 4) is 0 Å². The maximum Gasteiger partial charge on any atom is 0.243 e. The number of carbonyl (C=O) groups excluding carboxylic acids is 1. The van der Waals surface area contributed by atoms with Crippen LogP contribution in [-0.2, 0) is 21.2 Å². The highest BCUT2D eigenvalue weighted by atomic mass is 32.2. The van der Waals surface area contributed by atoms with Crippen molar-refractivity contribution in [2.45, 2.75) is 49.8 Å². The van der Waals surface area contributed by atoms with E-state index in [0.29, 0.717) is 30.4 Å². The molecular weight excluding hydrogens is 362 g/mol. The van der Waals surface area contributed by atoms with E-state index in [2.05, 4.69) is 10.6 Å². The lowest BCUT2D eigenvalue weighted by Crippen LogP contribution is -2.35. The first-order valence-corrected chi connectivity index (χ1v) is 11.6. The van der Waals surface area contributed by atoms with Gasteiger partial charge in [-0.2, -0.15) is 4.31 Å². The summed E-state index contributed by atoms with van der Waals surface area (Å²) in [7, 11) is -3.41. The van der Waals surface area contributed by atoms with E-state index in [1.165, 1.54) is 12.8 Å². The molecule has 1 amide bonds. The van der Waals surface area contributed by atoms with Gasteiger partial charge >= 0.3 is 0 Å². The Labute approximate surface area is 162 Å². The number of carbonyl (C=O) groups is 1. The maximum atomic E-state index is 12.7. The summed E-state index contributed by atoms with van der Waals surface area (Å²) in [6, 6.07) is 6.75. The monoisotopic (exact) mass is 393 g/mol. The first-order valence-electron chi connectivity index (χ1n) is 10.1. The van der Waals surface area contributed by atoms with Gasteiger partial charge in [0.2, 0.25) is 15.9 Å². The van der Waals surface area contributed by atoms with Crippen molar-refractivity contribution in [1.29, 1.82) is 0 Å². The van der Waals surface area contributed by atoms with Gasteiger partial charge in [0.25, 0.3) is 0 Å². The number of piperidine rings is 2. The van der Waals surface area contributed by atoms with Crippen molar-refractivity contribution in [2.75, 3.05) is 32.7 Å². The minimum atomic E-state index is -3.41. The fraction of sp³-hybridized carbons (Fsp3) is 0.650. The van der Waals surface area contributed by atoms with Gasteiger partial charge in [0, 0.05) is 19.6 Å². The largest absolute Gasteiger partial charge is 0.356 e. The molecule has 2 N–H and O–H groups in total. The normalized spacial score (nSPS) is 21.7. The number of benzene rings is 1. The summed E-state index contributed by atoms with van der Waals surface area (Å²) in [6.07, 6.45) is 6.68. The molecule has 2 aliphatic heterocycles. The SMILES string of the molecule is O=C(Cc1ccc(S(=O)(=O)N2CCCCC2)cc1)NCCC1CCCNC1. The van der Waals surface area contributed by atoms with Crippen LogP contribution in [0, 0.1) is 5.92 Å². The van der Waals surface area contributed by atoms with Crippen molar-refractivity contribution < 1.29 is 13.2 Å². The molecule has 150 valence electrons. The van der Waals surface area contributed by atoms with E-state index in [-0.39, 0.29) is 12.3 Å². The third-order valence-corrected chi connectivity index (χ3v) is 7.43. The number of hydrogen-bond donors (Lipinski definition) is 2. The molecule has 0 bridgehead atoms. The third-order valence-electron chi connectivity index (χ3n) is 5.51. The number of amides is 1. The van der Waals surface area contributed by atoms with Crippen molar-refractivity contribution in [3.63, 3.8) is 0 Å². The first kappa shape index (κ1) is 20.3. The van der Waals surface area contributed by atoms with E-state index in [1.54, 1.807) is 28.6 Å². The second-order valence-corrected chi connectivity index (χ2v) is 9.57. The van der Waals surface area contributed by atoms with E-state index in [9.17, 15) is 13.2 Å². The Bertz CT molecular complexity index is 706. The summed E-state index contributed by atoms with van der Waals surface area (Å²) < 4.78 is 26.9. The van der Waals surface area contributed by atoms with Gasteiger partial charge in [-0.1, -0.05) is 18.6 Å². The quantitative estimate of drug-likeness (QED) is 0.742. The van der Waals surface area contributed by atoms with Crippen molar-refractivity contribution >= 4 is 15.9 Å². The zero-order valence-corrected chi connectivity index (χ0v) is 16.8. The molecule has 2 saturated heterocycles. The lowest BCUT2D eigenvalue weighted by Gasteiger charge is -2.25. The Morgan fingerprint density at radius 2 is 1.85 bits per heavy atom. The molecule has 0 aromatic heterocycles. The lowest BCUT2D eigenvalue weighted by molar-refractivity contribution is -0.120. The van der Waals surface area contributed by atoms with Gasteiger partial charge in [-0.3, -0.25) is 4.79 Å². The Morgan fingerprint density at radius 3 is 2.52 bits per heavy atom. The van der Waals surface area contributed by atoms with E-state index in [4.69, 9.17) is 0 Å². The van der Waals surface area contributed by atoms with E-state index >= 15 is 0 Å². The first-order chi connectivity index (χ1) is 13.1. The van der Waals surface area contributed by atoms with Gasteiger partial charge < -0.3 is 10.6 Å². The summed E-state index contributed by atoms with van der Waals surface area (Å²) in [5.74, 6) is 0.642. The van der Waals surface area contributed by atoms with Crippen LogP contribution in [0.1, 0.15) is 44.1 Å². The molecule has 0 spiro atoms. The molecule has 0 saturated carbocycles. The predicted octanol–water partition coefficient (Wildman–Crippen LogP) is 1.91. The van der Waals surface area contributed by atoms with Crippen LogP contribution in [0.15, 0.2) is 29.2 Å². The van der Waals surface area contributed by atoms with Crippen molar-refractivity contribution in [2.24, 2.45) is 5.92 Å². The van der Waals surface area contributed by atoms with Crippen LogP contribution in [0.5, 0.6) is 0 Å². The molecule has 6 nitrogen and oxygen atoms in total. The Balaban J connectivity index is 1.47. The highest BCUT2D eigenvalue weighted by Crippen LogP contribution is 2.21. The van der Waals surface area contributed by atoms with Crippen LogP contribution in [-0.4, -0.2) is 51.4 Å². The zero-order chi connectivity index (χ0) is 19.1. The fourth-order valence-corrected chi connectivity index (χ4v) is 5.38. The molecule has 0 radical (unpaired) electrons. The summed E-state index contributed by atoms with van der Waals surface area (Å²) in [4.78, 5) is 12.4. The van der Waals surface area contributed by atoms with Gasteiger partial charge in [0.15, 0.2) is 0 Å². The molecule has 2 fully saturated rings. The van der Waals surface area contributed by atoms with Crippen molar-refractivity contribution in [1.82, 2.24) is 14.9 Å². The van der Waals surface area contributed by atoms with E-state index in [1.807, 2.05) is 0 Å². The minimum Gasteiger partial charge on any atom is -0.356 e. The Kier molecular flexibility index (Phi) is 7.26. The highest BCUT2D eigenvalue weighted by molar-refractivity contribution is 7.89. The van der Waals surface area contributed by atoms with E-state index in [0.717, 1.165) is 44.3 Å². The highest BCUT2D eigenvalue weighted by Gasteiger charge is 2.25.